The Labute approximate surface area is 109 Å². The summed E-state index contributed by atoms with van der Waals surface area (Å²) in [4.78, 5) is 2.29. The van der Waals surface area contributed by atoms with Crippen LogP contribution in [0.2, 0.25) is 0 Å². The molecule has 17 heavy (non-hydrogen) atoms. The molecule has 0 spiro atoms. The quantitative estimate of drug-likeness (QED) is 0.768. The zero-order valence-electron chi connectivity index (χ0n) is 10.6. The molecule has 0 saturated heterocycles. The topological polar surface area (TPSA) is 15.3 Å². The van der Waals surface area contributed by atoms with Gasteiger partial charge in [-0.05, 0) is 50.0 Å². The Morgan fingerprint density at radius 2 is 1.71 bits per heavy atom. The van der Waals surface area contributed by atoms with Crippen LogP contribution in [0.25, 0.3) is 0 Å². The summed E-state index contributed by atoms with van der Waals surface area (Å²) in [6.45, 7) is 6.29. The lowest BCUT2D eigenvalue weighted by atomic mass is 10.0. The van der Waals surface area contributed by atoms with E-state index in [1.165, 1.54) is 11.1 Å². The van der Waals surface area contributed by atoms with Crippen LogP contribution in [0.5, 0.6) is 0 Å². The number of fused-ring (bicyclic) bond motifs is 1. The lowest BCUT2D eigenvalue weighted by Gasteiger charge is -2.25. The van der Waals surface area contributed by atoms with E-state index >= 15 is 0 Å². The highest BCUT2D eigenvalue weighted by atomic mass is 32.1. The van der Waals surface area contributed by atoms with E-state index < -0.39 is 0 Å². The van der Waals surface area contributed by atoms with Gasteiger partial charge in [0.05, 0.1) is 0 Å². The van der Waals surface area contributed by atoms with E-state index in [1.807, 2.05) is 0 Å². The van der Waals surface area contributed by atoms with E-state index in [1.54, 1.807) is 0 Å². The molecule has 0 aliphatic carbocycles. The number of nitrogens with one attached hydrogen (secondary N) is 1. The number of hydrogen-bond acceptors (Lipinski definition) is 1. The Balaban J connectivity index is 2.01. The Kier molecular flexibility index (Phi) is 4.00. The summed E-state index contributed by atoms with van der Waals surface area (Å²) in [5.41, 5.74) is 2.95. The van der Waals surface area contributed by atoms with Crippen LogP contribution >= 0.6 is 12.2 Å². The highest BCUT2D eigenvalue weighted by Gasteiger charge is 2.15. The van der Waals surface area contributed by atoms with E-state index in [-0.39, 0.29) is 0 Å². The summed E-state index contributed by atoms with van der Waals surface area (Å²) in [7, 11) is 0. The molecule has 0 unspecified atom stereocenters. The Hall–Kier alpha value is -1.09. The Morgan fingerprint density at radius 3 is 2.18 bits per heavy atom. The van der Waals surface area contributed by atoms with Crippen molar-refractivity contribution >= 4 is 17.3 Å². The average molecular weight is 248 g/mol. The third-order valence-electron chi connectivity index (χ3n) is 3.12. The van der Waals surface area contributed by atoms with Crippen LogP contribution in [0.3, 0.4) is 0 Å². The van der Waals surface area contributed by atoms with Crippen LogP contribution in [0, 0.1) is 0 Å². The Bertz CT molecular complexity index is 374. The third kappa shape index (κ3) is 3.19. The van der Waals surface area contributed by atoms with Crippen molar-refractivity contribution in [2.24, 2.45) is 0 Å². The van der Waals surface area contributed by atoms with Crippen LogP contribution < -0.4 is 5.32 Å². The van der Waals surface area contributed by atoms with E-state index in [2.05, 4.69) is 48.3 Å². The van der Waals surface area contributed by atoms with Crippen LogP contribution in [0.4, 0.5) is 0 Å². The molecule has 92 valence electrons. The average Bonchev–Trinajstić information content (AvgIpc) is 2.50. The van der Waals surface area contributed by atoms with E-state index in [4.69, 9.17) is 12.2 Å². The molecular weight excluding hydrogens is 228 g/mol. The van der Waals surface area contributed by atoms with Gasteiger partial charge in [-0.15, -0.1) is 0 Å². The van der Waals surface area contributed by atoms with E-state index in [9.17, 15) is 0 Å². The maximum atomic E-state index is 5.44. The molecule has 1 aromatic rings. The van der Waals surface area contributed by atoms with Crippen LogP contribution in [-0.4, -0.2) is 29.1 Å². The molecular formula is C14H20N2S. The van der Waals surface area contributed by atoms with Crippen molar-refractivity contribution in [1.29, 1.82) is 0 Å². The fraction of sp³-hybridized carbons (Fsp3) is 0.500. The normalized spacial score (nSPS) is 15.4. The molecule has 2 rings (SSSR count). The highest BCUT2D eigenvalue weighted by Crippen LogP contribution is 2.15. The molecule has 0 amide bonds. The lowest BCUT2D eigenvalue weighted by molar-refractivity contribution is 0.426. The molecule has 2 nitrogen and oxygen atoms in total. The highest BCUT2D eigenvalue weighted by molar-refractivity contribution is 7.80. The second-order valence-corrected chi connectivity index (χ2v) is 5.25. The van der Waals surface area contributed by atoms with Crippen LogP contribution in [-0.2, 0) is 12.8 Å². The van der Waals surface area contributed by atoms with Gasteiger partial charge in [0, 0.05) is 19.1 Å². The van der Waals surface area contributed by atoms with Gasteiger partial charge in [-0.25, -0.2) is 0 Å². The first kappa shape index (κ1) is 12.4. The first-order chi connectivity index (χ1) is 8.16. The molecule has 1 N–H and O–H groups in total. The van der Waals surface area contributed by atoms with Gasteiger partial charge in [0.15, 0.2) is 5.11 Å². The van der Waals surface area contributed by atoms with Gasteiger partial charge in [0.25, 0.3) is 0 Å². The van der Waals surface area contributed by atoms with Crippen molar-refractivity contribution in [2.45, 2.75) is 32.7 Å². The van der Waals surface area contributed by atoms with Gasteiger partial charge < -0.3 is 10.2 Å². The number of rotatable bonds is 1. The zero-order valence-corrected chi connectivity index (χ0v) is 11.4. The molecule has 0 aromatic heterocycles. The lowest BCUT2D eigenvalue weighted by Crippen LogP contribution is -2.43. The predicted octanol–water partition coefficient (Wildman–Crippen LogP) is 2.37. The van der Waals surface area contributed by atoms with Crippen LogP contribution in [0.15, 0.2) is 24.3 Å². The largest absolute Gasteiger partial charge is 0.360 e. The van der Waals surface area contributed by atoms with Crippen LogP contribution in [0.1, 0.15) is 25.0 Å². The van der Waals surface area contributed by atoms with E-state index in [0.717, 1.165) is 31.0 Å². The second kappa shape index (κ2) is 5.50. The van der Waals surface area contributed by atoms with Gasteiger partial charge in [0.2, 0.25) is 0 Å². The number of hydrogen-bond donors (Lipinski definition) is 1. The number of thiocarbonyl (C=S) groups is 1. The first-order valence-electron chi connectivity index (χ1n) is 6.29. The smallest absolute Gasteiger partial charge is 0.169 e. The fourth-order valence-corrected chi connectivity index (χ4v) is 2.63. The summed E-state index contributed by atoms with van der Waals surface area (Å²) in [6, 6.07) is 9.13. The second-order valence-electron chi connectivity index (χ2n) is 4.86. The van der Waals surface area contributed by atoms with Crippen molar-refractivity contribution in [3.8, 4) is 0 Å². The third-order valence-corrected chi connectivity index (χ3v) is 3.50. The molecule has 1 aliphatic rings. The molecule has 0 bridgehead atoms. The first-order valence-corrected chi connectivity index (χ1v) is 6.70. The van der Waals surface area contributed by atoms with Crippen molar-refractivity contribution in [1.82, 2.24) is 10.2 Å². The molecule has 3 heteroatoms. The van der Waals surface area contributed by atoms with Gasteiger partial charge in [-0.2, -0.15) is 0 Å². The minimum Gasteiger partial charge on any atom is -0.360 e. The molecule has 0 fully saturated rings. The Morgan fingerprint density at radius 1 is 1.18 bits per heavy atom. The summed E-state index contributed by atoms with van der Waals surface area (Å²) in [5, 5.41) is 4.22. The minimum atomic E-state index is 0.410. The predicted molar refractivity (Wildman–Crippen MR) is 76.3 cm³/mol. The monoisotopic (exact) mass is 248 g/mol. The molecule has 0 radical (unpaired) electrons. The van der Waals surface area contributed by atoms with E-state index in [0.29, 0.717) is 6.04 Å². The summed E-state index contributed by atoms with van der Waals surface area (Å²) >= 11 is 5.44. The summed E-state index contributed by atoms with van der Waals surface area (Å²) in [5.74, 6) is 0. The number of benzene rings is 1. The summed E-state index contributed by atoms with van der Waals surface area (Å²) < 4.78 is 0. The van der Waals surface area contributed by atoms with Crippen molar-refractivity contribution in [3.05, 3.63) is 35.4 Å². The molecule has 0 saturated carbocycles. The van der Waals surface area contributed by atoms with Crippen molar-refractivity contribution in [3.63, 3.8) is 0 Å². The number of nitrogens with zero attached hydrogens (tertiary/aromatic N) is 1. The zero-order chi connectivity index (χ0) is 12.3. The maximum Gasteiger partial charge on any atom is 0.169 e. The fourth-order valence-electron chi connectivity index (χ4n) is 2.21. The summed E-state index contributed by atoms with van der Waals surface area (Å²) in [6.07, 6.45) is 2.19. The standard InChI is InChI=1S/C14H20N2S/c1-11(2)15-14(17)16-9-7-12-5-3-4-6-13(12)8-10-16/h3-6,11H,7-10H2,1-2H3,(H,15,17). The van der Waals surface area contributed by atoms with Gasteiger partial charge in [-0.3, -0.25) is 0 Å². The SMILES string of the molecule is CC(C)NC(=S)N1CCc2ccccc2CC1. The van der Waals surface area contributed by atoms with Gasteiger partial charge in [-0.1, -0.05) is 24.3 Å². The maximum absolute atomic E-state index is 5.44. The van der Waals surface area contributed by atoms with Gasteiger partial charge in [0.1, 0.15) is 0 Å². The van der Waals surface area contributed by atoms with Gasteiger partial charge >= 0.3 is 0 Å². The molecule has 1 aliphatic heterocycles. The van der Waals surface area contributed by atoms with Crippen molar-refractivity contribution in [2.75, 3.05) is 13.1 Å². The molecule has 1 heterocycles. The molecule has 1 aromatic carbocycles. The van der Waals surface area contributed by atoms with Crippen molar-refractivity contribution < 1.29 is 0 Å². The molecule has 0 atom stereocenters. The minimum absolute atomic E-state index is 0.410.